The van der Waals surface area contributed by atoms with E-state index in [1.165, 1.54) is 19.3 Å². The van der Waals surface area contributed by atoms with Crippen molar-refractivity contribution in [3.8, 4) is 0 Å². The fourth-order valence-electron chi connectivity index (χ4n) is 3.59. The van der Waals surface area contributed by atoms with E-state index in [4.69, 9.17) is 9.47 Å². The van der Waals surface area contributed by atoms with Crippen LogP contribution >= 0.6 is 11.8 Å². The minimum Gasteiger partial charge on any atom is -0.466 e. The fourth-order valence-corrected chi connectivity index (χ4v) is 4.47. The van der Waals surface area contributed by atoms with Crippen LogP contribution in [0.1, 0.15) is 71.6 Å². The molecule has 1 aliphatic carbocycles. The molecule has 1 fully saturated rings. The Morgan fingerprint density at radius 3 is 2.46 bits per heavy atom. The van der Waals surface area contributed by atoms with E-state index in [0.717, 1.165) is 30.8 Å². The Hall–Kier alpha value is -0.790. The van der Waals surface area contributed by atoms with E-state index in [1.54, 1.807) is 11.8 Å². The summed E-state index contributed by atoms with van der Waals surface area (Å²) in [5.74, 6) is 1.67. The number of nitrogens with one attached hydrogen (secondary N) is 1. The second kappa shape index (κ2) is 16.1. The van der Waals surface area contributed by atoms with Crippen LogP contribution in [0.4, 0.5) is 0 Å². The van der Waals surface area contributed by atoms with Crippen LogP contribution in [0.15, 0.2) is 0 Å². The quantitative estimate of drug-likeness (QED) is 0.312. The van der Waals surface area contributed by atoms with Crippen molar-refractivity contribution in [2.75, 3.05) is 31.3 Å². The van der Waals surface area contributed by atoms with Crippen LogP contribution in [-0.4, -0.2) is 60.5 Å². The number of hydrogen-bond donors (Lipinski definition) is 2. The maximum Gasteiger partial charge on any atom is 0.323 e. The first-order valence-electron chi connectivity index (χ1n) is 10.9. The molecule has 0 aromatic heterocycles. The molecule has 0 saturated heterocycles. The molecule has 0 spiro atoms. The highest BCUT2D eigenvalue weighted by molar-refractivity contribution is 7.99. The van der Waals surface area contributed by atoms with Gasteiger partial charge in [0.2, 0.25) is 0 Å². The van der Waals surface area contributed by atoms with Crippen LogP contribution in [0.5, 0.6) is 0 Å². The Labute approximate surface area is 174 Å². The van der Waals surface area contributed by atoms with Crippen LogP contribution in [-0.2, 0) is 19.1 Å². The van der Waals surface area contributed by atoms with Crippen molar-refractivity contribution in [2.24, 2.45) is 5.92 Å². The molecule has 0 amide bonds. The van der Waals surface area contributed by atoms with E-state index in [2.05, 4.69) is 5.32 Å². The van der Waals surface area contributed by atoms with Crippen molar-refractivity contribution in [1.29, 1.82) is 0 Å². The van der Waals surface area contributed by atoms with Gasteiger partial charge in [-0.15, -0.1) is 0 Å². The summed E-state index contributed by atoms with van der Waals surface area (Å²) in [6.45, 7) is 5.04. The molecule has 28 heavy (non-hydrogen) atoms. The van der Waals surface area contributed by atoms with Crippen LogP contribution in [0.3, 0.4) is 0 Å². The van der Waals surface area contributed by atoms with Gasteiger partial charge in [-0.1, -0.05) is 19.3 Å². The number of ether oxygens (including phenoxy) is 2. The summed E-state index contributed by atoms with van der Waals surface area (Å²) in [7, 11) is 0. The Morgan fingerprint density at radius 2 is 1.79 bits per heavy atom. The molecule has 2 unspecified atom stereocenters. The molecule has 2 N–H and O–H groups in total. The summed E-state index contributed by atoms with van der Waals surface area (Å²) >= 11 is 1.70. The van der Waals surface area contributed by atoms with Gasteiger partial charge in [0, 0.05) is 5.75 Å². The summed E-state index contributed by atoms with van der Waals surface area (Å²) in [4.78, 5) is 23.5. The third-order valence-electron chi connectivity index (χ3n) is 5.13. The average molecular weight is 418 g/mol. The topological polar surface area (TPSA) is 84.9 Å². The highest BCUT2D eigenvalue weighted by Gasteiger charge is 2.23. The van der Waals surface area contributed by atoms with Gasteiger partial charge in [-0.25, -0.2) is 0 Å². The first kappa shape index (κ1) is 25.2. The highest BCUT2D eigenvalue weighted by Crippen LogP contribution is 2.27. The molecule has 1 aliphatic rings. The Bertz CT molecular complexity index is 429. The molecule has 0 aromatic carbocycles. The lowest BCUT2D eigenvalue weighted by Crippen LogP contribution is -2.40. The molecule has 2 atom stereocenters. The predicted octanol–water partition coefficient (Wildman–Crippen LogP) is 3.31. The lowest BCUT2D eigenvalue weighted by molar-refractivity contribution is -0.146. The normalized spacial score (nSPS) is 17.1. The van der Waals surface area contributed by atoms with Gasteiger partial charge in [0.25, 0.3) is 0 Å². The predicted molar refractivity (Wildman–Crippen MR) is 113 cm³/mol. The maximum absolute atomic E-state index is 12.2. The van der Waals surface area contributed by atoms with Gasteiger partial charge in [-0.05, 0) is 64.2 Å². The monoisotopic (exact) mass is 417 g/mol. The summed E-state index contributed by atoms with van der Waals surface area (Å²) in [6.07, 6.45) is 8.34. The molecule has 0 heterocycles. The lowest BCUT2D eigenvalue weighted by Gasteiger charge is -2.27. The van der Waals surface area contributed by atoms with E-state index in [-0.39, 0.29) is 24.1 Å². The molecular formula is C21H39NO5S. The van der Waals surface area contributed by atoms with E-state index in [1.807, 2.05) is 13.8 Å². The summed E-state index contributed by atoms with van der Waals surface area (Å²) in [6, 6.07) is -0.329. The van der Waals surface area contributed by atoms with Crippen LogP contribution in [0.25, 0.3) is 0 Å². The van der Waals surface area contributed by atoms with Gasteiger partial charge < -0.3 is 19.9 Å². The summed E-state index contributed by atoms with van der Waals surface area (Å²) in [5, 5.41) is 13.7. The largest absolute Gasteiger partial charge is 0.466 e. The first-order chi connectivity index (χ1) is 13.6. The van der Waals surface area contributed by atoms with Crippen LogP contribution in [0.2, 0.25) is 0 Å². The molecule has 1 rings (SSSR count). The van der Waals surface area contributed by atoms with E-state index >= 15 is 0 Å². The SMILES string of the molecule is CCOC(=O)CCSCCCC(NCCC(O)C1CCCCC1)C(=O)OCC. The van der Waals surface area contributed by atoms with Crippen LogP contribution < -0.4 is 5.32 Å². The number of aliphatic hydroxyl groups excluding tert-OH is 1. The van der Waals surface area contributed by atoms with Gasteiger partial charge in [-0.2, -0.15) is 11.8 Å². The molecule has 0 bridgehead atoms. The zero-order chi connectivity index (χ0) is 20.6. The zero-order valence-electron chi connectivity index (χ0n) is 17.6. The number of aliphatic hydroxyl groups is 1. The lowest BCUT2D eigenvalue weighted by atomic mass is 9.84. The molecule has 7 heteroatoms. The third-order valence-corrected chi connectivity index (χ3v) is 6.20. The molecule has 0 aromatic rings. The fraction of sp³-hybridized carbons (Fsp3) is 0.905. The summed E-state index contributed by atoms with van der Waals surface area (Å²) < 4.78 is 10.1. The number of esters is 2. The van der Waals surface area contributed by atoms with Gasteiger partial charge in [-0.3, -0.25) is 9.59 Å². The second-order valence-electron chi connectivity index (χ2n) is 7.32. The standard InChI is InChI=1S/C21H39NO5S/c1-3-26-20(24)13-16-28-15-8-11-18(21(25)27-4-2)22-14-12-19(23)17-9-6-5-7-10-17/h17-19,22-23H,3-16H2,1-2H3. The van der Waals surface area contributed by atoms with Crippen molar-refractivity contribution < 1.29 is 24.2 Å². The Morgan fingerprint density at radius 1 is 1.07 bits per heavy atom. The van der Waals surface area contributed by atoms with E-state index in [9.17, 15) is 14.7 Å². The first-order valence-corrected chi connectivity index (χ1v) is 12.0. The minimum absolute atomic E-state index is 0.155. The highest BCUT2D eigenvalue weighted by atomic mass is 32.2. The zero-order valence-corrected chi connectivity index (χ0v) is 18.4. The molecule has 0 aliphatic heterocycles. The van der Waals surface area contributed by atoms with Gasteiger partial charge in [0.15, 0.2) is 0 Å². The smallest absolute Gasteiger partial charge is 0.323 e. The van der Waals surface area contributed by atoms with Crippen LogP contribution in [0, 0.1) is 5.92 Å². The number of carbonyl (C=O) groups is 2. The Kier molecular flexibility index (Phi) is 14.5. The van der Waals surface area contributed by atoms with Gasteiger partial charge in [0.1, 0.15) is 6.04 Å². The van der Waals surface area contributed by atoms with Crippen molar-refractivity contribution in [2.45, 2.75) is 83.8 Å². The average Bonchev–Trinajstić information content (AvgIpc) is 2.70. The molecule has 6 nitrogen and oxygen atoms in total. The van der Waals surface area contributed by atoms with Gasteiger partial charge in [0.05, 0.1) is 25.7 Å². The Balaban J connectivity index is 2.24. The maximum atomic E-state index is 12.2. The van der Waals surface area contributed by atoms with E-state index < -0.39 is 0 Å². The molecular weight excluding hydrogens is 378 g/mol. The minimum atomic E-state index is -0.329. The van der Waals surface area contributed by atoms with Crippen molar-refractivity contribution in [3.63, 3.8) is 0 Å². The number of thioether (sulfide) groups is 1. The number of hydrogen-bond acceptors (Lipinski definition) is 7. The summed E-state index contributed by atoms with van der Waals surface area (Å²) in [5.41, 5.74) is 0. The van der Waals surface area contributed by atoms with E-state index in [0.29, 0.717) is 44.9 Å². The molecule has 164 valence electrons. The molecule has 1 saturated carbocycles. The van der Waals surface area contributed by atoms with Crippen molar-refractivity contribution in [3.05, 3.63) is 0 Å². The molecule has 0 radical (unpaired) electrons. The number of rotatable bonds is 15. The third kappa shape index (κ3) is 11.3. The van der Waals surface area contributed by atoms with Gasteiger partial charge >= 0.3 is 11.9 Å². The van der Waals surface area contributed by atoms with Crippen molar-refractivity contribution in [1.82, 2.24) is 5.32 Å². The van der Waals surface area contributed by atoms with Crippen molar-refractivity contribution >= 4 is 23.7 Å². The second-order valence-corrected chi connectivity index (χ2v) is 8.55. The number of carbonyl (C=O) groups excluding carboxylic acids is 2.